The predicted molar refractivity (Wildman–Crippen MR) is 106 cm³/mol. The van der Waals surface area contributed by atoms with Crippen molar-refractivity contribution in [3.63, 3.8) is 0 Å². The van der Waals surface area contributed by atoms with E-state index in [9.17, 15) is 0 Å². The molecule has 0 aliphatic rings. The van der Waals surface area contributed by atoms with Crippen LogP contribution >= 0.6 is 0 Å². The number of benzene rings is 1. The zero-order valence-corrected chi connectivity index (χ0v) is 16.2. The third-order valence-corrected chi connectivity index (χ3v) is 4.06. The van der Waals surface area contributed by atoms with Crippen molar-refractivity contribution >= 4 is 5.69 Å². The Labute approximate surface area is 162 Å². The highest BCUT2D eigenvalue weighted by atomic mass is 16.5. The van der Waals surface area contributed by atoms with Crippen molar-refractivity contribution in [2.24, 2.45) is 0 Å². The summed E-state index contributed by atoms with van der Waals surface area (Å²) in [5.41, 5.74) is 4.36. The Balaban J connectivity index is 1.58. The highest BCUT2D eigenvalue weighted by Crippen LogP contribution is 2.26. The van der Waals surface area contributed by atoms with E-state index in [1.165, 1.54) is 6.33 Å². The van der Waals surface area contributed by atoms with E-state index in [4.69, 9.17) is 4.52 Å². The van der Waals surface area contributed by atoms with Crippen molar-refractivity contribution < 1.29 is 4.52 Å². The summed E-state index contributed by atoms with van der Waals surface area (Å²) in [5.74, 6) is 0.911. The quantitative estimate of drug-likeness (QED) is 0.578. The second-order valence-corrected chi connectivity index (χ2v) is 7.57. The standard InChI is InChI=1S/C20H21N7O/c1-13-9-15(27-12-21-11-23-27)6-7-16(13)19-24-18(26-28-19)17-8-5-14(10-22-17)25-20(2,3)4/h5-12,25H,1-4H3. The van der Waals surface area contributed by atoms with Crippen molar-refractivity contribution in [1.82, 2.24) is 29.9 Å². The Kier molecular flexibility index (Phi) is 4.38. The van der Waals surface area contributed by atoms with Gasteiger partial charge in [-0.25, -0.2) is 9.67 Å². The van der Waals surface area contributed by atoms with Crippen molar-refractivity contribution in [2.75, 3.05) is 5.32 Å². The molecule has 0 spiro atoms. The van der Waals surface area contributed by atoms with Crippen LogP contribution in [0.25, 0.3) is 28.7 Å². The van der Waals surface area contributed by atoms with Gasteiger partial charge in [0.2, 0.25) is 5.82 Å². The topological polar surface area (TPSA) is 94.6 Å². The van der Waals surface area contributed by atoms with Crippen LogP contribution in [0.1, 0.15) is 26.3 Å². The molecule has 4 rings (SSSR count). The molecule has 8 nitrogen and oxygen atoms in total. The number of nitrogens with zero attached hydrogens (tertiary/aromatic N) is 6. The summed E-state index contributed by atoms with van der Waals surface area (Å²) in [6.07, 6.45) is 4.93. The van der Waals surface area contributed by atoms with Gasteiger partial charge in [0.05, 0.1) is 17.6 Å². The lowest BCUT2D eigenvalue weighted by Crippen LogP contribution is -2.26. The van der Waals surface area contributed by atoms with Crippen LogP contribution in [0.2, 0.25) is 0 Å². The molecular weight excluding hydrogens is 354 g/mol. The van der Waals surface area contributed by atoms with Gasteiger partial charge in [0.25, 0.3) is 5.89 Å². The number of anilines is 1. The fourth-order valence-electron chi connectivity index (χ4n) is 2.84. The summed E-state index contributed by atoms with van der Waals surface area (Å²) >= 11 is 0. The predicted octanol–water partition coefficient (Wildman–Crippen LogP) is 3.90. The van der Waals surface area contributed by atoms with Crippen molar-refractivity contribution in [1.29, 1.82) is 0 Å². The van der Waals surface area contributed by atoms with E-state index < -0.39 is 0 Å². The minimum Gasteiger partial charge on any atom is -0.379 e. The molecule has 1 N–H and O–H groups in total. The number of rotatable bonds is 4. The van der Waals surface area contributed by atoms with Crippen LogP contribution < -0.4 is 5.32 Å². The third-order valence-electron chi connectivity index (χ3n) is 4.06. The number of hydrogen-bond donors (Lipinski definition) is 1. The number of hydrogen-bond acceptors (Lipinski definition) is 7. The zero-order chi connectivity index (χ0) is 19.7. The Morgan fingerprint density at radius 3 is 2.61 bits per heavy atom. The summed E-state index contributed by atoms with van der Waals surface area (Å²) in [5, 5.41) is 11.6. The molecule has 28 heavy (non-hydrogen) atoms. The highest BCUT2D eigenvalue weighted by Gasteiger charge is 2.15. The monoisotopic (exact) mass is 375 g/mol. The van der Waals surface area contributed by atoms with Gasteiger partial charge < -0.3 is 9.84 Å². The SMILES string of the molecule is Cc1cc(-n2cncn2)ccc1-c1nc(-c2ccc(NC(C)(C)C)cn2)no1. The van der Waals surface area contributed by atoms with Gasteiger partial charge >= 0.3 is 0 Å². The van der Waals surface area contributed by atoms with Crippen molar-refractivity contribution in [2.45, 2.75) is 33.2 Å². The molecule has 0 unspecified atom stereocenters. The highest BCUT2D eigenvalue weighted by molar-refractivity contribution is 5.63. The molecule has 0 atom stereocenters. The first kappa shape index (κ1) is 17.8. The lowest BCUT2D eigenvalue weighted by molar-refractivity contribution is 0.432. The molecule has 0 aliphatic carbocycles. The molecule has 0 radical (unpaired) electrons. The van der Waals surface area contributed by atoms with Gasteiger partial charge in [0.15, 0.2) is 0 Å². The van der Waals surface area contributed by atoms with Gasteiger partial charge in [0.1, 0.15) is 18.3 Å². The van der Waals surface area contributed by atoms with E-state index in [0.29, 0.717) is 17.4 Å². The molecule has 4 aromatic rings. The van der Waals surface area contributed by atoms with Gasteiger partial charge in [-0.05, 0) is 63.6 Å². The average molecular weight is 375 g/mol. The Bertz CT molecular complexity index is 1080. The molecule has 0 bridgehead atoms. The Morgan fingerprint density at radius 2 is 1.96 bits per heavy atom. The molecule has 0 fully saturated rings. The molecule has 0 amide bonds. The van der Waals surface area contributed by atoms with Gasteiger partial charge in [-0.2, -0.15) is 10.1 Å². The van der Waals surface area contributed by atoms with E-state index in [0.717, 1.165) is 22.5 Å². The van der Waals surface area contributed by atoms with Crippen LogP contribution in [-0.2, 0) is 0 Å². The van der Waals surface area contributed by atoms with E-state index >= 15 is 0 Å². The minimum absolute atomic E-state index is 0.0293. The molecule has 142 valence electrons. The van der Waals surface area contributed by atoms with E-state index in [1.54, 1.807) is 17.2 Å². The van der Waals surface area contributed by atoms with Gasteiger partial charge in [-0.1, -0.05) is 5.16 Å². The van der Waals surface area contributed by atoms with Gasteiger partial charge in [-0.15, -0.1) is 0 Å². The molecule has 1 aromatic carbocycles. The second kappa shape index (κ2) is 6.88. The summed E-state index contributed by atoms with van der Waals surface area (Å²) in [7, 11) is 0. The molecule has 0 saturated heterocycles. The fraction of sp³-hybridized carbons (Fsp3) is 0.250. The smallest absolute Gasteiger partial charge is 0.258 e. The Hall–Kier alpha value is -3.55. The maximum absolute atomic E-state index is 5.48. The van der Waals surface area contributed by atoms with Gasteiger partial charge in [-0.3, -0.25) is 4.98 Å². The van der Waals surface area contributed by atoms with Crippen LogP contribution in [0.15, 0.2) is 53.7 Å². The number of aryl methyl sites for hydroxylation is 1. The maximum Gasteiger partial charge on any atom is 0.258 e. The van der Waals surface area contributed by atoms with E-state index in [-0.39, 0.29) is 5.54 Å². The molecule has 0 saturated carbocycles. The zero-order valence-electron chi connectivity index (χ0n) is 16.2. The van der Waals surface area contributed by atoms with Crippen LogP contribution in [0.4, 0.5) is 5.69 Å². The largest absolute Gasteiger partial charge is 0.379 e. The number of aromatic nitrogens is 6. The molecule has 3 aromatic heterocycles. The molecule has 8 heteroatoms. The fourth-order valence-corrected chi connectivity index (χ4v) is 2.84. The first-order valence-corrected chi connectivity index (χ1v) is 8.93. The summed E-state index contributed by atoms with van der Waals surface area (Å²) < 4.78 is 7.18. The molecule has 3 heterocycles. The van der Waals surface area contributed by atoms with Crippen LogP contribution in [0.5, 0.6) is 0 Å². The number of nitrogens with one attached hydrogen (secondary N) is 1. The third kappa shape index (κ3) is 3.75. The van der Waals surface area contributed by atoms with Crippen molar-refractivity contribution in [3.8, 4) is 28.7 Å². The maximum atomic E-state index is 5.48. The van der Waals surface area contributed by atoms with Crippen LogP contribution in [-0.4, -0.2) is 35.4 Å². The lowest BCUT2D eigenvalue weighted by Gasteiger charge is -2.21. The van der Waals surface area contributed by atoms with E-state index in [2.05, 4.69) is 51.3 Å². The summed E-state index contributed by atoms with van der Waals surface area (Å²) in [6.45, 7) is 8.29. The first-order chi connectivity index (χ1) is 13.4. The average Bonchev–Trinajstić information content (AvgIpc) is 3.33. The number of pyridine rings is 1. The summed E-state index contributed by atoms with van der Waals surface area (Å²) in [6, 6.07) is 9.71. The van der Waals surface area contributed by atoms with Gasteiger partial charge in [0, 0.05) is 11.1 Å². The van der Waals surface area contributed by atoms with E-state index in [1.807, 2.05) is 37.3 Å². The van der Waals surface area contributed by atoms with Crippen LogP contribution in [0, 0.1) is 6.92 Å². The van der Waals surface area contributed by atoms with Crippen molar-refractivity contribution in [3.05, 3.63) is 54.7 Å². The van der Waals surface area contributed by atoms with Crippen LogP contribution in [0.3, 0.4) is 0 Å². The minimum atomic E-state index is -0.0293. The Morgan fingerprint density at radius 1 is 1.11 bits per heavy atom. The molecular formula is C20H21N7O. The second-order valence-electron chi connectivity index (χ2n) is 7.57. The lowest BCUT2D eigenvalue weighted by atomic mass is 10.1. The molecule has 0 aliphatic heterocycles. The summed E-state index contributed by atoms with van der Waals surface area (Å²) in [4.78, 5) is 12.9. The first-order valence-electron chi connectivity index (χ1n) is 8.93. The normalized spacial score (nSPS) is 11.6.